The topological polar surface area (TPSA) is 52.6 Å². The molecule has 132 valence electrons. The lowest BCUT2D eigenvalue weighted by Crippen LogP contribution is -2.35. The van der Waals surface area contributed by atoms with Crippen LogP contribution in [0.1, 0.15) is 20.7 Å². The number of benzene rings is 1. The van der Waals surface area contributed by atoms with E-state index in [0.717, 1.165) is 0 Å². The summed E-state index contributed by atoms with van der Waals surface area (Å²) in [6.45, 7) is 0. The van der Waals surface area contributed by atoms with E-state index >= 15 is 0 Å². The fourth-order valence-electron chi connectivity index (χ4n) is 2.71. The van der Waals surface area contributed by atoms with Crippen LogP contribution in [-0.2, 0) is 9.47 Å². The molecule has 2 aliphatic heterocycles. The molecule has 5 heteroatoms. The average molecular weight is 358 g/mol. The normalized spacial score (nSPS) is 32.5. The average Bonchev–Trinajstić information content (AvgIpc) is 2.56. The molecular weight excluding hydrogens is 336 g/mol. The minimum atomic E-state index is -3.18. The van der Waals surface area contributed by atoms with Crippen LogP contribution >= 0.6 is 8.29 Å². The van der Waals surface area contributed by atoms with Gasteiger partial charge in [-0.2, -0.15) is 0 Å². The molecule has 0 saturated carbocycles. The molecule has 0 spiro atoms. The molecular formula is C20H22O4S. The van der Waals surface area contributed by atoms with Crippen LogP contribution in [0.4, 0.5) is 0 Å². The zero-order valence-corrected chi connectivity index (χ0v) is 15.6. The predicted molar refractivity (Wildman–Crippen MR) is 103 cm³/mol. The summed E-state index contributed by atoms with van der Waals surface area (Å²) in [6.07, 6.45) is 17.3. The van der Waals surface area contributed by atoms with Gasteiger partial charge in [-0.15, -0.1) is 0 Å². The molecule has 0 bridgehead atoms. The third kappa shape index (κ3) is 3.20. The third-order valence-corrected chi connectivity index (χ3v) is 7.44. The molecule has 0 saturated heterocycles. The molecule has 4 nitrogen and oxygen atoms in total. The molecule has 3 rings (SSSR count). The van der Waals surface area contributed by atoms with Crippen molar-refractivity contribution in [2.75, 3.05) is 25.0 Å². The molecule has 0 fully saturated rings. The first-order chi connectivity index (χ1) is 11.5. The Morgan fingerprint density at radius 1 is 0.760 bits per heavy atom. The molecule has 0 amide bonds. The van der Waals surface area contributed by atoms with Gasteiger partial charge in [0.2, 0.25) is 0 Å². The zero-order valence-electron chi connectivity index (χ0n) is 14.8. The van der Waals surface area contributed by atoms with Crippen molar-refractivity contribution in [3.63, 3.8) is 0 Å². The lowest BCUT2D eigenvalue weighted by molar-refractivity contribution is 0.0525. The first kappa shape index (κ1) is 17.3. The SMILES string of the molecule is CS1(C)(C)(C)\C=C/C=C\C=C/C2=C\1OC(=O)c1ccccc1C(=O)O2. The maximum absolute atomic E-state index is 12.8. The monoisotopic (exact) mass is 358 g/mol. The smallest absolute Gasteiger partial charge is 0.344 e. The molecule has 0 atom stereocenters. The van der Waals surface area contributed by atoms with Crippen LogP contribution in [0.15, 0.2) is 70.9 Å². The summed E-state index contributed by atoms with van der Waals surface area (Å²) in [5.74, 6) is -0.850. The molecule has 2 aliphatic rings. The van der Waals surface area contributed by atoms with Crippen LogP contribution < -0.4 is 0 Å². The van der Waals surface area contributed by atoms with Gasteiger partial charge < -0.3 is 9.47 Å². The Labute approximate surface area is 146 Å². The highest BCUT2D eigenvalue weighted by atomic mass is 32.4. The number of allylic oxidation sites excluding steroid dienone is 5. The van der Waals surface area contributed by atoms with Crippen molar-refractivity contribution in [1.82, 2.24) is 0 Å². The molecule has 0 radical (unpaired) electrons. The Kier molecular flexibility index (Phi) is 3.45. The van der Waals surface area contributed by atoms with Crippen molar-refractivity contribution in [1.29, 1.82) is 0 Å². The fraction of sp³-hybridized carbons (Fsp3) is 0.200. The van der Waals surface area contributed by atoms with E-state index in [1.807, 2.05) is 48.7 Å². The third-order valence-electron chi connectivity index (χ3n) is 4.08. The first-order valence-electron chi connectivity index (χ1n) is 7.83. The summed E-state index contributed by atoms with van der Waals surface area (Å²) >= 11 is 0. The van der Waals surface area contributed by atoms with Crippen molar-refractivity contribution in [2.24, 2.45) is 0 Å². The molecule has 0 aromatic heterocycles. The highest BCUT2D eigenvalue weighted by Crippen LogP contribution is 2.86. The molecule has 25 heavy (non-hydrogen) atoms. The van der Waals surface area contributed by atoms with Crippen molar-refractivity contribution >= 4 is 20.2 Å². The van der Waals surface area contributed by atoms with Crippen molar-refractivity contribution in [3.05, 3.63) is 82.0 Å². The second-order valence-corrected chi connectivity index (χ2v) is 17.7. The Hall–Kier alpha value is -2.53. The van der Waals surface area contributed by atoms with Gasteiger partial charge in [0.15, 0.2) is 10.9 Å². The van der Waals surface area contributed by atoms with E-state index in [4.69, 9.17) is 9.47 Å². The van der Waals surface area contributed by atoms with Crippen LogP contribution in [0.25, 0.3) is 0 Å². The van der Waals surface area contributed by atoms with Gasteiger partial charge in [-0.05, 0) is 43.2 Å². The Bertz CT molecular complexity index is 907. The molecule has 2 heterocycles. The maximum atomic E-state index is 12.8. The van der Waals surface area contributed by atoms with Gasteiger partial charge in [-0.3, -0.25) is 0 Å². The second-order valence-electron chi connectivity index (χ2n) is 8.38. The van der Waals surface area contributed by atoms with Crippen LogP contribution in [0.3, 0.4) is 0 Å². The molecule has 1 aromatic rings. The summed E-state index contributed by atoms with van der Waals surface area (Å²) in [4.78, 5) is 25.4. The summed E-state index contributed by atoms with van der Waals surface area (Å²) in [5.41, 5.74) is 0.407. The largest absolute Gasteiger partial charge is 0.418 e. The maximum Gasteiger partial charge on any atom is 0.344 e. The highest BCUT2D eigenvalue weighted by Gasteiger charge is 2.50. The minimum absolute atomic E-state index is 0.200. The van der Waals surface area contributed by atoms with E-state index in [1.165, 1.54) is 0 Å². The second kappa shape index (κ2) is 4.99. The molecule has 0 N–H and O–H groups in total. The lowest BCUT2D eigenvalue weighted by Gasteiger charge is -2.66. The number of carbonyl (C=O) groups is 2. The van der Waals surface area contributed by atoms with E-state index in [9.17, 15) is 9.59 Å². The quantitative estimate of drug-likeness (QED) is 0.652. The van der Waals surface area contributed by atoms with Crippen molar-refractivity contribution < 1.29 is 19.1 Å². The predicted octanol–water partition coefficient (Wildman–Crippen LogP) is 4.22. The summed E-state index contributed by atoms with van der Waals surface area (Å²) < 4.78 is 11.5. The molecule has 0 unspecified atom stereocenters. The van der Waals surface area contributed by atoms with Crippen LogP contribution in [0.2, 0.25) is 0 Å². The van der Waals surface area contributed by atoms with E-state index in [0.29, 0.717) is 5.09 Å². The molecule has 0 aliphatic carbocycles. The van der Waals surface area contributed by atoms with Gasteiger partial charge in [0.25, 0.3) is 0 Å². The van der Waals surface area contributed by atoms with Gasteiger partial charge >= 0.3 is 11.9 Å². The van der Waals surface area contributed by atoms with Crippen molar-refractivity contribution in [3.8, 4) is 0 Å². The van der Waals surface area contributed by atoms with Crippen molar-refractivity contribution in [2.45, 2.75) is 0 Å². The Morgan fingerprint density at radius 2 is 1.32 bits per heavy atom. The number of rotatable bonds is 0. The minimum Gasteiger partial charge on any atom is -0.418 e. The number of ether oxygens (including phenoxy) is 2. The van der Waals surface area contributed by atoms with E-state index in [2.05, 4.69) is 0 Å². The van der Waals surface area contributed by atoms with Crippen LogP contribution in [0.5, 0.6) is 0 Å². The number of esters is 2. The summed E-state index contributed by atoms with van der Waals surface area (Å²) in [7, 11) is -3.18. The molecule has 1 aromatic carbocycles. The first-order valence-corrected chi connectivity index (χ1v) is 12.0. The standard InChI is InChI=1S/C20H22O4S/c1-25(2,3,4)14-10-6-5-7-13-17-20(25)24-19(22)16-12-9-8-11-15(16)18(21)23-17/h5-14H,1-4H3/b6-5-,13-7-,14-10-,20-17+. The number of hydrogen-bond acceptors (Lipinski definition) is 4. The zero-order chi connectivity index (χ0) is 18.4. The number of fused-ring (bicyclic) bond motifs is 1. The van der Waals surface area contributed by atoms with Gasteiger partial charge in [-0.25, -0.2) is 17.9 Å². The number of carbonyl (C=O) groups excluding carboxylic acids is 2. The van der Waals surface area contributed by atoms with Gasteiger partial charge in [-0.1, -0.05) is 41.8 Å². The number of hydrogen-bond donors (Lipinski definition) is 0. The summed E-state index contributed by atoms with van der Waals surface area (Å²) in [5, 5.41) is 2.44. The van der Waals surface area contributed by atoms with Gasteiger partial charge in [0, 0.05) is 0 Å². The van der Waals surface area contributed by atoms with E-state index < -0.39 is 20.2 Å². The van der Waals surface area contributed by atoms with Gasteiger partial charge in [0.05, 0.1) is 11.1 Å². The Balaban J connectivity index is 2.30. The summed E-state index contributed by atoms with van der Waals surface area (Å²) in [6, 6.07) is 6.52. The van der Waals surface area contributed by atoms with E-state index in [1.54, 1.807) is 36.4 Å². The highest BCUT2D eigenvalue weighted by molar-refractivity contribution is 8.67. The Morgan fingerprint density at radius 3 is 1.96 bits per heavy atom. The van der Waals surface area contributed by atoms with Crippen LogP contribution in [0, 0.1) is 0 Å². The fourth-order valence-corrected chi connectivity index (χ4v) is 5.12. The van der Waals surface area contributed by atoms with Crippen LogP contribution in [-0.4, -0.2) is 37.0 Å². The lowest BCUT2D eigenvalue weighted by atomic mass is 10.1. The van der Waals surface area contributed by atoms with Gasteiger partial charge in [0.1, 0.15) is 0 Å². The van der Waals surface area contributed by atoms with E-state index in [-0.39, 0.29) is 16.9 Å².